The third-order valence-electron chi connectivity index (χ3n) is 3.56. The number of nitrogens with zero attached hydrogens (tertiary/aromatic N) is 3. The zero-order valence-corrected chi connectivity index (χ0v) is 13.0. The zero-order chi connectivity index (χ0) is 15.8. The smallest absolute Gasteiger partial charge is 0.317 e. The minimum absolute atomic E-state index is 0.0346. The Bertz CT molecular complexity index is 477. The SMILES string of the molecule is COCCNC(=O)N1CCC(Nc2nccnc2OC)CC1. The molecule has 8 nitrogen and oxygen atoms in total. The number of urea groups is 1. The Hall–Kier alpha value is -2.09. The van der Waals surface area contributed by atoms with Gasteiger partial charge in [0.25, 0.3) is 5.88 Å². The van der Waals surface area contributed by atoms with Crippen LogP contribution < -0.4 is 15.4 Å². The predicted molar refractivity (Wildman–Crippen MR) is 82.1 cm³/mol. The van der Waals surface area contributed by atoms with Gasteiger partial charge in [-0.2, -0.15) is 0 Å². The van der Waals surface area contributed by atoms with E-state index in [1.165, 1.54) is 0 Å². The van der Waals surface area contributed by atoms with Crippen molar-refractivity contribution < 1.29 is 14.3 Å². The molecule has 1 aromatic heterocycles. The number of ether oxygens (including phenoxy) is 2. The van der Waals surface area contributed by atoms with Crippen molar-refractivity contribution in [1.29, 1.82) is 0 Å². The predicted octanol–water partition coefficient (Wildman–Crippen LogP) is 0.717. The number of likely N-dealkylation sites (tertiary alicyclic amines) is 1. The van der Waals surface area contributed by atoms with Gasteiger partial charge in [-0.05, 0) is 12.8 Å². The minimum atomic E-state index is -0.0346. The van der Waals surface area contributed by atoms with Crippen LogP contribution in [0, 0.1) is 0 Å². The van der Waals surface area contributed by atoms with Crippen LogP contribution in [-0.2, 0) is 4.74 Å². The Balaban J connectivity index is 1.78. The van der Waals surface area contributed by atoms with Gasteiger partial charge in [0.15, 0.2) is 5.82 Å². The topological polar surface area (TPSA) is 88.6 Å². The first-order valence-electron chi connectivity index (χ1n) is 7.38. The molecule has 2 N–H and O–H groups in total. The van der Waals surface area contributed by atoms with Crippen molar-refractivity contribution in [3.8, 4) is 5.88 Å². The van der Waals surface area contributed by atoms with Gasteiger partial charge in [-0.3, -0.25) is 0 Å². The number of rotatable bonds is 6. The van der Waals surface area contributed by atoms with Crippen LogP contribution in [0.1, 0.15) is 12.8 Å². The first-order valence-corrected chi connectivity index (χ1v) is 7.38. The van der Waals surface area contributed by atoms with Crippen LogP contribution in [0.4, 0.5) is 10.6 Å². The summed E-state index contributed by atoms with van der Waals surface area (Å²) in [5.74, 6) is 1.13. The molecule has 0 atom stereocenters. The lowest BCUT2D eigenvalue weighted by atomic mass is 10.1. The summed E-state index contributed by atoms with van der Waals surface area (Å²) in [5.41, 5.74) is 0. The lowest BCUT2D eigenvalue weighted by Gasteiger charge is -2.32. The second-order valence-electron chi connectivity index (χ2n) is 5.04. The Morgan fingerprint density at radius 3 is 2.73 bits per heavy atom. The standard InChI is InChI=1S/C14H23N5O3/c1-21-10-7-17-14(20)19-8-3-11(4-9-19)18-12-13(22-2)16-6-5-15-12/h5-6,11H,3-4,7-10H2,1-2H3,(H,15,18)(H,17,20). The maximum atomic E-state index is 11.9. The van der Waals surface area contributed by atoms with Crippen LogP contribution in [0.25, 0.3) is 0 Å². The molecule has 2 heterocycles. The molecule has 122 valence electrons. The molecule has 0 aliphatic carbocycles. The molecule has 8 heteroatoms. The summed E-state index contributed by atoms with van der Waals surface area (Å²) in [5, 5.41) is 6.17. The third-order valence-corrected chi connectivity index (χ3v) is 3.56. The molecular formula is C14H23N5O3. The first-order chi connectivity index (χ1) is 10.7. The van der Waals surface area contributed by atoms with Crippen LogP contribution in [0.15, 0.2) is 12.4 Å². The summed E-state index contributed by atoms with van der Waals surface area (Å²) in [6.07, 6.45) is 4.94. The number of carbonyl (C=O) groups is 1. The number of piperidine rings is 1. The number of hydrogen-bond acceptors (Lipinski definition) is 6. The molecule has 1 saturated heterocycles. The van der Waals surface area contributed by atoms with Gasteiger partial charge in [0.2, 0.25) is 0 Å². The van der Waals surface area contributed by atoms with E-state index in [9.17, 15) is 4.79 Å². The quantitative estimate of drug-likeness (QED) is 0.753. The van der Waals surface area contributed by atoms with Gasteiger partial charge in [-0.15, -0.1) is 0 Å². The normalized spacial score (nSPS) is 15.5. The van der Waals surface area contributed by atoms with E-state index < -0.39 is 0 Å². The van der Waals surface area contributed by atoms with Crippen molar-refractivity contribution in [3.63, 3.8) is 0 Å². The summed E-state index contributed by atoms with van der Waals surface area (Å²) in [6, 6.07) is 0.223. The highest BCUT2D eigenvalue weighted by Gasteiger charge is 2.23. The van der Waals surface area contributed by atoms with Gasteiger partial charge in [0.1, 0.15) is 0 Å². The van der Waals surface area contributed by atoms with Gasteiger partial charge >= 0.3 is 6.03 Å². The molecule has 0 radical (unpaired) electrons. The Kier molecular flexibility index (Phi) is 6.20. The fraction of sp³-hybridized carbons (Fsp3) is 0.643. The summed E-state index contributed by atoms with van der Waals surface area (Å²) in [7, 11) is 3.19. The Morgan fingerprint density at radius 1 is 1.32 bits per heavy atom. The highest BCUT2D eigenvalue weighted by Crippen LogP contribution is 2.21. The van der Waals surface area contributed by atoms with E-state index in [0.29, 0.717) is 37.9 Å². The molecule has 0 bridgehead atoms. The maximum Gasteiger partial charge on any atom is 0.317 e. The highest BCUT2D eigenvalue weighted by atomic mass is 16.5. The Labute approximate surface area is 130 Å². The lowest BCUT2D eigenvalue weighted by Crippen LogP contribution is -2.47. The van der Waals surface area contributed by atoms with Gasteiger partial charge in [0, 0.05) is 45.2 Å². The molecule has 1 aliphatic heterocycles. The number of aromatic nitrogens is 2. The number of anilines is 1. The summed E-state index contributed by atoms with van der Waals surface area (Å²) in [6.45, 7) is 2.47. The minimum Gasteiger partial charge on any atom is -0.478 e. The number of hydrogen-bond donors (Lipinski definition) is 2. The molecule has 0 aromatic carbocycles. The van der Waals surface area contributed by atoms with E-state index in [1.54, 1.807) is 26.6 Å². The van der Waals surface area contributed by atoms with Crippen LogP contribution in [0.5, 0.6) is 5.88 Å². The summed E-state index contributed by atoms with van der Waals surface area (Å²) >= 11 is 0. The average Bonchev–Trinajstić information content (AvgIpc) is 2.56. The van der Waals surface area contributed by atoms with Gasteiger partial charge in [-0.1, -0.05) is 0 Å². The summed E-state index contributed by atoms with van der Waals surface area (Å²) < 4.78 is 10.1. The largest absolute Gasteiger partial charge is 0.478 e. The molecule has 0 spiro atoms. The zero-order valence-electron chi connectivity index (χ0n) is 13.0. The van der Waals surface area contributed by atoms with E-state index in [0.717, 1.165) is 12.8 Å². The molecule has 0 saturated carbocycles. The second-order valence-corrected chi connectivity index (χ2v) is 5.04. The first kappa shape index (κ1) is 16.3. The molecule has 1 aliphatic rings. The lowest BCUT2D eigenvalue weighted by molar-refractivity contribution is 0.171. The van der Waals surface area contributed by atoms with Crippen molar-refractivity contribution in [1.82, 2.24) is 20.2 Å². The van der Waals surface area contributed by atoms with E-state index in [4.69, 9.17) is 9.47 Å². The van der Waals surface area contributed by atoms with Gasteiger partial charge < -0.3 is 25.0 Å². The highest BCUT2D eigenvalue weighted by molar-refractivity contribution is 5.74. The van der Waals surface area contributed by atoms with E-state index >= 15 is 0 Å². The molecule has 0 unspecified atom stereocenters. The number of nitrogens with one attached hydrogen (secondary N) is 2. The van der Waals surface area contributed by atoms with Crippen LogP contribution >= 0.6 is 0 Å². The second kappa shape index (κ2) is 8.38. The van der Waals surface area contributed by atoms with Crippen LogP contribution in [-0.4, -0.2) is 67.4 Å². The fourth-order valence-electron chi connectivity index (χ4n) is 2.37. The number of amides is 2. The summed E-state index contributed by atoms with van der Waals surface area (Å²) in [4.78, 5) is 22.1. The van der Waals surface area contributed by atoms with Crippen molar-refractivity contribution in [3.05, 3.63) is 12.4 Å². The Morgan fingerprint density at radius 2 is 2.05 bits per heavy atom. The van der Waals surface area contributed by atoms with E-state index in [-0.39, 0.29) is 12.1 Å². The van der Waals surface area contributed by atoms with Crippen molar-refractivity contribution in [2.24, 2.45) is 0 Å². The van der Waals surface area contributed by atoms with E-state index in [1.807, 2.05) is 4.90 Å². The van der Waals surface area contributed by atoms with Gasteiger partial charge in [-0.25, -0.2) is 14.8 Å². The third kappa shape index (κ3) is 4.45. The van der Waals surface area contributed by atoms with Crippen molar-refractivity contribution in [2.75, 3.05) is 45.8 Å². The van der Waals surface area contributed by atoms with Crippen LogP contribution in [0.3, 0.4) is 0 Å². The molecular weight excluding hydrogens is 286 g/mol. The monoisotopic (exact) mass is 309 g/mol. The molecule has 2 amide bonds. The molecule has 1 aromatic rings. The molecule has 2 rings (SSSR count). The molecule has 22 heavy (non-hydrogen) atoms. The molecule has 1 fully saturated rings. The number of methoxy groups -OCH3 is 2. The number of carbonyl (C=O) groups excluding carboxylic acids is 1. The van der Waals surface area contributed by atoms with Crippen molar-refractivity contribution in [2.45, 2.75) is 18.9 Å². The average molecular weight is 309 g/mol. The fourth-order valence-corrected chi connectivity index (χ4v) is 2.37. The van der Waals surface area contributed by atoms with Crippen LogP contribution in [0.2, 0.25) is 0 Å². The maximum absolute atomic E-state index is 11.9. The van der Waals surface area contributed by atoms with Crippen molar-refractivity contribution >= 4 is 11.8 Å². The van der Waals surface area contributed by atoms with Gasteiger partial charge in [0.05, 0.1) is 13.7 Å². The van der Waals surface area contributed by atoms with E-state index in [2.05, 4.69) is 20.6 Å².